The molecule has 0 saturated carbocycles. The zero-order valence-electron chi connectivity index (χ0n) is 8.98. The van der Waals surface area contributed by atoms with E-state index in [0.29, 0.717) is 10.7 Å². The highest BCUT2D eigenvalue weighted by molar-refractivity contribution is 7.99. The fourth-order valence-electron chi connectivity index (χ4n) is 1.16. The lowest BCUT2D eigenvalue weighted by Crippen LogP contribution is -2.12. The van der Waals surface area contributed by atoms with Gasteiger partial charge in [-0.25, -0.2) is 4.68 Å². The average Bonchev–Trinajstić information content (AvgIpc) is 2.75. The van der Waals surface area contributed by atoms with Crippen molar-refractivity contribution in [2.45, 2.75) is 10.1 Å². The monoisotopic (exact) mass is 250 g/mol. The number of amidine groups is 1. The zero-order chi connectivity index (χ0) is 12.3. The van der Waals surface area contributed by atoms with Crippen LogP contribution in [-0.4, -0.2) is 31.3 Å². The summed E-state index contributed by atoms with van der Waals surface area (Å²) in [6.45, 7) is 0. The number of hydrogen-bond donors (Lipinski definition) is 2. The van der Waals surface area contributed by atoms with E-state index in [2.05, 4.69) is 20.7 Å². The van der Waals surface area contributed by atoms with Crippen molar-refractivity contribution >= 4 is 17.6 Å². The first-order valence-electron chi connectivity index (χ1n) is 4.69. The summed E-state index contributed by atoms with van der Waals surface area (Å²) < 4.78 is 1.59. The molecule has 3 N–H and O–H groups in total. The molecule has 88 valence electrons. The molecule has 7 nitrogen and oxygen atoms in total. The average molecular weight is 250 g/mol. The minimum Gasteiger partial charge on any atom is -0.409 e. The molecule has 0 amide bonds. The van der Waals surface area contributed by atoms with Crippen molar-refractivity contribution in [3.63, 3.8) is 0 Å². The lowest BCUT2D eigenvalue weighted by Gasteiger charge is -2.01. The second-order valence-electron chi connectivity index (χ2n) is 3.20. The van der Waals surface area contributed by atoms with Crippen molar-refractivity contribution < 1.29 is 5.21 Å². The Morgan fingerprint density at radius 3 is 2.65 bits per heavy atom. The SMILES string of the molecule is Cn1nnnc1Sc1ccc(/C(N)=N/O)cc1. The largest absolute Gasteiger partial charge is 0.409 e. The minimum absolute atomic E-state index is 0.0851. The summed E-state index contributed by atoms with van der Waals surface area (Å²) in [4.78, 5) is 0.970. The summed E-state index contributed by atoms with van der Waals surface area (Å²) in [5.74, 6) is 0.0851. The van der Waals surface area contributed by atoms with E-state index in [-0.39, 0.29) is 5.84 Å². The van der Waals surface area contributed by atoms with Crippen LogP contribution in [0.2, 0.25) is 0 Å². The van der Waals surface area contributed by atoms with E-state index in [1.165, 1.54) is 11.8 Å². The molecule has 0 radical (unpaired) electrons. The van der Waals surface area contributed by atoms with Gasteiger partial charge in [0.15, 0.2) is 5.84 Å². The molecule has 0 bridgehead atoms. The molecule has 1 heterocycles. The van der Waals surface area contributed by atoms with Gasteiger partial charge in [0, 0.05) is 17.5 Å². The summed E-state index contributed by atoms with van der Waals surface area (Å²) >= 11 is 1.43. The van der Waals surface area contributed by atoms with Crippen LogP contribution in [0.4, 0.5) is 0 Å². The molecule has 0 unspecified atom stereocenters. The van der Waals surface area contributed by atoms with Crippen LogP contribution < -0.4 is 5.73 Å². The third-order valence-corrected chi connectivity index (χ3v) is 3.08. The van der Waals surface area contributed by atoms with Crippen LogP contribution in [0.5, 0.6) is 0 Å². The molecule has 8 heteroatoms. The Bertz CT molecular complexity index is 535. The number of hydrogen-bond acceptors (Lipinski definition) is 6. The van der Waals surface area contributed by atoms with Gasteiger partial charge in [0.05, 0.1) is 0 Å². The van der Waals surface area contributed by atoms with Gasteiger partial charge in [-0.1, -0.05) is 17.3 Å². The number of nitrogens with zero attached hydrogens (tertiary/aromatic N) is 5. The van der Waals surface area contributed by atoms with Gasteiger partial charge in [0.2, 0.25) is 5.16 Å². The van der Waals surface area contributed by atoms with Gasteiger partial charge < -0.3 is 10.9 Å². The summed E-state index contributed by atoms with van der Waals surface area (Å²) in [5, 5.41) is 23.3. The molecule has 0 atom stereocenters. The molecule has 0 saturated heterocycles. The van der Waals surface area contributed by atoms with Crippen LogP contribution in [0.3, 0.4) is 0 Å². The molecule has 17 heavy (non-hydrogen) atoms. The van der Waals surface area contributed by atoms with Gasteiger partial charge in [-0.3, -0.25) is 0 Å². The number of rotatable bonds is 3. The third-order valence-electron chi connectivity index (χ3n) is 2.05. The van der Waals surface area contributed by atoms with Gasteiger partial charge in [0.1, 0.15) is 0 Å². The predicted molar refractivity (Wildman–Crippen MR) is 61.9 cm³/mol. The van der Waals surface area contributed by atoms with Gasteiger partial charge in [-0.2, -0.15) is 0 Å². The standard InChI is InChI=1S/C9H10N6OS/c1-15-9(11-13-14-15)17-7-4-2-6(3-5-7)8(10)12-16/h2-5,16H,1H3,(H2,10,12). The van der Waals surface area contributed by atoms with Crippen LogP contribution in [0.1, 0.15) is 5.56 Å². The molecule has 1 aromatic heterocycles. The first kappa shape index (κ1) is 11.4. The second kappa shape index (κ2) is 4.83. The lowest BCUT2D eigenvalue weighted by molar-refractivity contribution is 0.318. The van der Waals surface area contributed by atoms with Crippen LogP contribution in [0.25, 0.3) is 0 Å². The van der Waals surface area contributed by atoms with Crippen molar-refractivity contribution in [2.75, 3.05) is 0 Å². The van der Waals surface area contributed by atoms with Gasteiger partial charge in [-0.05, 0) is 34.3 Å². The lowest BCUT2D eigenvalue weighted by atomic mass is 10.2. The maximum absolute atomic E-state index is 8.53. The van der Waals surface area contributed by atoms with Crippen molar-refractivity contribution in [3.8, 4) is 0 Å². The maximum atomic E-state index is 8.53. The first-order chi connectivity index (χ1) is 8.20. The van der Waals surface area contributed by atoms with E-state index in [1.54, 1.807) is 23.9 Å². The minimum atomic E-state index is 0.0851. The Hall–Kier alpha value is -2.09. The molecular weight excluding hydrogens is 240 g/mol. The van der Waals surface area contributed by atoms with E-state index in [4.69, 9.17) is 10.9 Å². The van der Waals surface area contributed by atoms with Crippen LogP contribution in [-0.2, 0) is 7.05 Å². The summed E-state index contributed by atoms with van der Waals surface area (Å²) in [5.41, 5.74) is 6.12. The molecule has 1 aromatic carbocycles. The van der Waals surface area contributed by atoms with Crippen molar-refractivity contribution in [3.05, 3.63) is 29.8 Å². The molecule has 0 aliphatic heterocycles. The van der Waals surface area contributed by atoms with Crippen LogP contribution in [0, 0.1) is 0 Å². The molecule has 0 aliphatic carbocycles. The number of aromatic nitrogens is 4. The number of oxime groups is 1. The number of nitrogens with two attached hydrogens (primary N) is 1. The normalized spacial score (nSPS) is 11.7. The topological polar surface area (TPSA) is 102 Å². The third kappa shape index (κ3) is 2.53. The maximum Gasteiger partial charge on any atom is 0.213 e. The Balaban J connectivity index is 2.17. The van der Waals surface area contributed by atoms with Crippen molar-refractivity contribution in [2.24, 2.45) is 17.9 Å². The Kier molecular flexibility index (Phi) is 3.24. The molecule has 0 aliphatic rings. The Morgan fingerprint density at radius 2 is 2.12 bits per heavy atom. The fourth-order valence-corrected chi connectivity index (χ4v) is 1.89. The highest BCUT2D eigenvalue weighted by atomic mass is 32.2. The van der Waals surface area contributed by atoms with E-state index in [9.17, 15) is 0 Å². The van der Waals surface area contributed by atoms with Crippen LogP contribution in [0.15, 0.2) is 39.5 Å². The Morgan fingerprint density at radius 1 is 1.41 bits per heavy atom. The summed E-state index contributed by atoms with van der Waals surface area (Å²) in [6.07, 6.45) is 0. The quantitative estimate of drug-likeness (QED) is 0.355. The summed E-state index contributed by atoms with van der Waals surface area (Å²) in [6, 6.07) is 7.24. The van der Waals surface area contributed by atoms with Gasteiger partial charge >= 0.3 is 0 Å². The zero-order valence-corrected chi connectivity index (χ0v) is 9.79. The Labute approximate surface area is 101 Å². The number of tetrazole rings is 1. The molecule has 2 rings (SSSR count). The van der Waals surface area contributed by atoms with E-state index in [0.717, 1.165) is 4.90 Å². The predicted octanol–water partition coefficient (Wildman–Crippen LogP) is 0.456. The summed E-state index contributed by atoms with van der Waals surface area (Å²) in [7, 11) is 1.77. The highest BCUT2D eigenvalue weighted by Gasteiger charge is 2.05. The van der Waals surface area contributed by atoms with E-state index >= 15 is 0 Å². The second-order valence-corrected chi connectivity index (χ2v) is 4.24. The molecule has 2 aromatic rings. The number of aryl methyl sites for hydroxylation is 1. The molecule has 0 fully saturated rings. The smallest absolute Gasteiger partial charge is 0.213 e. The highest BCUT2D eigenvalue weighted by Crippen LogP contribution is 2.24. The van der Waals surface area contributed by atoms with E-state index in [1.807, 2.05) is 12.1 Å². The van der Waals surface area contributed by atoms with Gasteiger partial charge in [-0.15, -0.1) is 5.10 Å². The number of benzene rings is 1. The molecule has 0 spiro atoms. The van der Waals surface area contributed by atoms with Crippen molar-refractivity contribution in [1.29, 1.82) is 0 Å². The molecular formula is C9H10N6OS. The van der Waals surface area contributed by atoms with E-state index < -0.39 is 0 Å². The van der Waals surface area contributed by atoms with Gasteiger partial charge in [0.25, 0.3) is 0 Å². The first-order valence-corrected chi connectivity index (χ1v) is 5.50. The van der Waals surface area contributed by atoms with Crippen LogP contribution >= 0.6 is 11.8 Å². The van der Waals surface area contributed by atoms with Crippen molar-refractivity contribution in [1.82, 2.24) is 20.2 Å². The fraction of sp³-hybridized carbons (Fsp3) is 0.111.